The van der Waals surface area contributed by atoms with Crippen molar-refractivity contribution in [1.82, 2.24) is 0 Å². The molecule has 0 aliphatic rings. The summed E-state index contributed by atoms with van der Waals surface area (Å²) >= 11 is 0. The normalized spacial score (nSPS) is 7.61. The summed E-state index contributed by atoms with van der Waals surface area (Å²) in [6, 6.07) is 5.48. The average Bonchev–Trinajstić information content (AvgIpc) is 2.16. The smallest absolute Gasteiger partial charge is 0.481 e. The monoisotopic (exact) mass is 354 g/mol. The van der Waals surface area contributed by atoms with Crippen LogP contribution < -0.4 is 0 Å². The second-order valence-corrected chi connectivity index (χ2v) is 2.67. The minimum Gasteiger partial charge on any atom is -0.481 e. The molecular weight excluding hydrogens is 347 g/mol. The van der Waals surface area contributed by atoms with Crippen molar-refractivity contribution in [3.63, 3.8) is 0 Å². The van der Waals surface area contributed by atoms with Gasteiger partial charge in [-0.25, -0.2) is 9.59 Å². The van der Waals surface area contributed by atoms with E-state index in [9.17, 15) is 9.59 Å². The minimum absolute atomic E-state index is 0. The molecule has 3 N–H and O–H groups in total. The van der Waals surface area contributed by atoms with E-state index >= 15 is 0 Å². The summed E-state index contributed by atoms with van der Waals surface area (Å²) in [6.45, 7) is 1.08. The minimum atomic E-state index is -1.23. The second kappa shape index (κ2) is 11.0. The van der Waals surface area contributed by atoms with Gasteiger partial charge in [0.25, 0.3) is 5.97 Å². The van der Waals surface area contributed by atoms with Crippen LogP contribution in [-0.4, -0.2) is 33.2 Å². The second-order valence-electron chi connectivity index (χ2n) is 2.67. The van der Waals surface area contributed by atoms with E-state index in [0.717, 1.165) is 6.92 Å². The third kappa shape index (κ3) is 8.96. The largest absolute Gasteiger partial charge is 2.00 e. The molecule has 0 atom stereocenters. The summed E-state index contributed by atoms with van der Waals surface area (Å²) in [5, 5.41) is 24.5. The molecule has 0 heterocycles. The number of carboxylic acid groups (broad SMARTS) is 3. The number of hydrogen-bond donors (Lipinski definition) is 3. The van der Waals surface area contributed by atoms with Crippen LogP contribution in [0.25, 0.3) is 0 Å². The molecule has 8 heteroatoms. The molecule has 1 aromatic rings. The zero-order valence-corrected chi connectivity index (χ0v) is 15.7. The van der Waals surface area contributed by atoms with E-state index in [1.807, 2.05) is 0 Å². The van der Waals surface area contributed by atoms with Crippen LogP contribution in [0.2, 0.25) is 0 Å². The molecule has 0 amide bonds. The molecule has 0 unspecified atom stereocenters. The number of benzene rings is 1. The molecule has 0 aliphatic carbocycles. The molecule has 86 valence electrons. The van der Waals surface area contributed by atoms with Crippen LogP contribution in [0.15, 0.2) is 24.3 Å². The van der Waals surface area contributed by atoms with Crippen molar-refractivity contribution in [2.75, 3.05) is 0 Å². The van der Waals surface area contributed by atoms with E-state index in [-0.39, 0.29) is 50.1 Å². The Morgan fingerprint density at radius 3 is 1.22 bits per heavy atom. The number of aromatic carboxylic acids is 2. The van der Waals surface area contributed by atoms with Crippen LogP contribution in [-0.2, 0) is 43.8 Å². The molecule has 0 fully saturated rings. The number of hydrogen-bond acceptors (Lipinski definition) is 3. The quantitative estimate of drug-likeness (QED) is 0.686. The van der Waals surface area contributed by atoms with Gasteiger partial charge in [-0.3, -0.25) is 4.79 Å². The summed E-state index contributed by atoms with van der Waals surface area (Å²) in [5.41, 5.74) is -0.380. The van der Waals surface area contributed by atoms with Crippen LogP contribution in [0.4, 0.5) is 0 Å². The molecular formula is C10H10O6Zn2+4. The third-order valence-corrected chi connectivity index (χ3v) is 1.39. The van der Waals surface area contributed by atoms with Gasteiger partial charge in [0.1, 0.15) is 0 Å². The maximum Gasteiger partial charge on any atom is 2.00 e. The molecule has 1 aromatic carbocycles. The summed E-state index contributed by atoms with van der Waals surface area (Å²) in [7, 11) is 0. The Morgan fingerprint density at radius 2 is 1.06 bits per heavy atom. The molecule has 0 spiro atoms. The predicted octanol–water partition coefficient (Wildman–Crippen LogP) is 1.17. The van der Waals surface area contributed by atoms with Crippen molar-refractivity contribution in [1.29, 1.82) is 0 Å². The molecule has 18 heavy (non-hydrogen) atoms. The first kappa shape index (κ1) is 22.1. The van der Waals surface area contributed by atoms with Gasteiger partial charge in [0.05, 0.1) is 11.1 Å². The van der Waals surface area contributed by atoms with Gasteiger partial charge < -0.3 is 15.3 Å². The first-order chi connectivity index (χ1) is 7.36. The van der Waals surface area contributed by atoms with Crippen molar-refractivity contribution >= 4 is 17.9 Å². The Kier molecular flexibility index (Phi) is 13.5. The average molecular weight is 357 g/mol. The Hall–Kier alpha value is -1.12. The molecule has 0 radical (unpaired) electrons. The van der Waals surface area contributed by atoms with E-state index in [1.54, 1.807) is 0 Å². The zero-order valence-electron chi connectivity index (χ0n) is 9.79. The fourth-order valence-electron chi connectivity index (χ4n) is 0.856. The van der Waals surface area contributed by atoms with Crippen molar-refractivity contribution in [3.8, 4) is 0 Å². The molecule has 0 saturated heterocycles. The summed E-state index contributed by atoms with van der Waals surface area (Å²) in [6.07, 6.45) is 0. The van der Waals surface area contributed by atoms with Gasteiger partial charge in [-0.05, 0) is 12.1 Å². The van der Waals surface area contributed by atoms with Crippen molar-refractivity contribution < 1.29 is 68.7 Å². The predicted molar refractivity (Wildman–Crippen MR) is 53.7 cm³/mol. The molecule has 0 bridgehead atoms. The third-order valence-electron chi connectivity index (χ3n) is 1.39. The van der Waals surface area contributed by atoms with E-state index in [0.29, 0.717) is 0 Å². The van der Waals surface area contributed by atoms with Gasteiger partial charge in [0.2, 0.25) is 0 Å². The Balaban J connectivity index is -0.000000332. The van der Waals surface area contributed by atoms with Crippen LogP contribution in [0.1, 0.15) is 27.6 Å². The van der Waals surface area contributed by atoms with Crippen molar-refractivity contribution in [3.05, 3.63) is 35.4 Å². The summed E-state index contributed by atoms with van der Waals surface area (Å²) in [5.74, 6) is -3.29. The fraction of sp³-hybridized carbons (Fsp3) is 0.100. The fourth-order valence-corrected chi connectivity index (χ4v) is 0.856. The number of carboxylic acids is 3. The van der Waals surface area contributed by atoms with Gasteiger partial charge in [-0.15, -0.1) is 0 Å². The van der Waals surface area contributed by atoms with E-state index in [1.165, 1.54) is 24.3 Å². The first-order valence-corrected chi connectivity index (χ1v) is 4.11. The van der Waals surface area contributed by atoms with Gasteiger partial charge in [0, 0.05) is 6.92 Å². The van der Waals surface area contributed by atoms with Gasteiger partial charge in [0.15, 0.2) is 0 Å². The summed E-state index contributed by atoms with van der Waals surface area (Å²) < 4.78 is 0. The van der Waals surface area contributed by atoms with E-state index < -0.39 is 17.9 Å². The number of carbonyl (C=O) groups is 3. The molecule has 0 aromatic heterocycles. The van der Waals surface area contributed by atoms with Crippen LogP contribution >= 0.6 is 0 Å². The standard InChI is InChI=1S/C8H6O4.C2H4O2.2Zn/c9-7(10)5-3-1-2-4-6(5)8(11)12;1-2(3)4;;/h1-4H,(H,9,10)(H,11,12);1H3,(H,3,4);;/q;;2*+2. The Morgan fingerprint density at radius 1 is 0.833 bits per heavy atom. The maximum absolute atomic E-state index is 10.5. The van der Waals surface area contributed by atoms with Crippen molar-refractivity contribution in [2.24, 2.45) is 0 Å². The summed E-state index contributed by atoms with van der Waals surface area (Å²) in [4.78, 5) is 29.9. The van der Waals surface area contributed by atoms with Crippen LogP contribution in [0, 0.1) is 0 Å². The van der Waals surface area contributed by atoms with Gasteiger partial charge >= 0.3 is 50.9 Å². The maximum atomic E-state index is 10.5. The number of rotatable bonds is 2. The van der Waals surface area contributed by atoms with Crippen LogP contribution in [0.5, 0.6) is 0 Å². The molecule has 0 aliphatic heterocycles. The Bertz CT molecular complexity index is 382. The molecule has 6 nitrogen and oxygen atoms in total. The molecule has 0 saturated carbocycles. The molecule has 1 rings (SSSR count). The van der Waals surface area contributed by atoms with Crippen LogP contribution in [0.3, 0.4) is 0 Å². The van der Waals surface area contributed by atoms with E-state index in [2.05, 4.69) is 0 Å². The van der Waals surface area contributed by atoms with Crippen molar-refractivity contribution in [2.45, 2.75) is 6.92 Å². The van der Waals surface area contributed by atoms with E-state index in [4.69, 9.17) is 20.1 Å². The zero-order chi connectivity index (χ0) is 12.7. The number of aliphatic carboxylic acids is 1. The van der Waals surface area contributed by atoms with Gasteiger partial charge in [-0.1, -0.05) is 12.1 Å². The topological polar surface area (TPSA) is 112 Å². The first-order valence-electron chi connectivity index (χ1n) is 4.11. The van der Waals surface area contributed by atoms with Gasteiger partial charge in [-0.2, -0.15) is 0 Å². The SMILES string of the molecule is CC(=O)O.O=C(O)c1ccccc1C(=O)O.[Zn+2].[Zn+2]. The Labute approximate surface area is 129 Å².